The molecule has 0 aliphatic rings. The molecular formula is C20H19N3O4. The minimum absolute atomic E-state index is 0.260. The van der Waals surface area contributed by atoms with E-state index in [0.717, 1.165) is 11.1 Å². The minimum Gasteiger partial charge on any atom is -0.493 e. The first-order valence-corrected chi connectivity index (χ1v) is 8.02. The topological polar surface area (TPSA) is 114 Å². The van der Waals surface area contributed by atoms with Crippen LogP contribution in [0.4, 0.5) is 4.79 Å². The molecule has 0 unspecified atom stereocenters. The number of benzene rings is 2. The quantitative estimate of drug-likeness (QED) is 0.603. The van der Waals surface area contributed by atoms with Gasteiger partial charge in [0.15, 0.2) is 11.5 Å². The Kier molecular flexibility index (Phi) is 6.55. The van der Waals surface area contributed by atoms with Crippen LogP contribution in [0.2, 0.25) is 0 Å². The molecule has 0 aliphatic carbocycles. The number of amides is 3. The van der Waals surface area contributed by atoms with Crippen molar-refractivity contribution in [3.8, 4) is 17.6 Å². The highest BCUT2D eigenvalue weighted by Crippen LogP contribution is 2.29. The Morgan fingerprint density at radius 1 is 1.22 bits per heavy atom. The van der Waals surface area contributed by atoms with Gasteiger partial charge in [0.2, 0.25) is 0 Å². The fraction of sp³-hybridized carbons (Fsp3) is 0.150. The van der Waals surface area contributed by atoms with E-state index in [1.165, 1.54) is 13.2 Å². The molecule has 2 rings (SSSR count). The zero-order chi connectivity index (χ0) is 19.8. The van der Waals surface area contributed by atoms with E-state index in [9.17, 15) is 9.59 Å². The normalized spacial score (nSPS) is 10.6. The third-order valence-corrected chi connectivity index (χ3v) is 3.58. The van der Waals surface area contributed by atoms with Gasteiger partial charge in [-0.1, -0.05) is 35.9 Å². The highest BCUT2D eigenvalue weighted by atomic mass is 16.5. The second kappa shape index (κ2) is 9.06. The molecule has 7 nitrogen and oxygen atoms in total. The summed E-state index contributed by atoms with van der Waals surface area (Å²) >= 11 is 0. The first-order valence-electron chi connectivity index (χ1n) is 8.02. The minimum atomic E-state index is -1.03. The van der Waals surface area contributed by atoms with Crippen LogP contribution in [0, 0.1) is 18.3 Å². The lowest BCUT2D eigenvalue weighted by atomic mass is 10.1. The van der Waals surface area contributed by atoms with E-state index in [1.54, 1.807) is 24.3 Å². The van der Waals surface area contributed by atoms with Crippen molar-refractivity contribution in [2.45, 2.75) is 13.5 Å². The molecule has 27 heavy (non-hydrogen) atoms. The Morgan fingerprint density at radius 3 is 2.63 bits per heavy atom. The summed E-state index contributed by atoms with van der Waals surface area (Å²) in [7, 11) is 1.49. The third-order valence-electron chi connectivity index (χ3n) is 3.58. The van der Waals surface area contributed by atoms with Crippen LogP contribution in [-0.4, -0.2) is 19.0 Å². The number of imide groups is 1. The number of methoxy groups -OCH3 is 1. The summed E-state index contributed by atoms with van der Waals surface area (Å²) in [6.45, 7) is 2.38. The number of primary amides is 1. The maximum absolute atomic E-state index is 11.7. The summed E-state index contributed by atoms with van der Waals surface area (Å²) in [5.41, 5.74) is 7.33. The van der Waals surface area contributed by atoms with Crippen molar-refractivity contribution in [1.82, 2.24) is 5.32 Å². The molecule has 2 aromatic rings. The monoisotopic (exact) mass is 365 g/mol. The number of rotatable bonds is 6. The molecule has 0 saturated heterocycles. The molecule has 0 bridgehead atoms. The molecule has 2 aromatic carbocycles. The zero-order valence-electron chi connectivity index (χ0n) is 15.0. The second-order valence-electron chi connectivity index (χ2n) is 5.68. The van der Waals surface area contributed by atoms with Gasteiger partial charge in [0.05, 0.1) is 7.11 Å². The maximum atomic E-state index is 11.7. The van der Waals surface area contributed by atoms with E-state index in [1.807, 2.05) is 36.5 Å². The number of carbonyl (C=O) groups excluding carboxylic acids is 2. The Bertz CT molecular complexity index is 929. The molecule has 0 aliphatic heterocycles. The molecule has 138 valence electrons. The van der Waals surface area contributed by atoms with Crippen LogP contribution < -0.4 is 20.5 Å². The third kappa shape index (κ3) is 5.61. The fourth-order valence-electron chi connectivity index (χ4n) is 2.35. The van der Waals surface area contributed by atoms with E-state index < -0.39 is 11.9 Å². The lowest BCUT2D eigenvalue weighted by Gasteiger charge is -2.12. The Morgan fingerprint density at radius 2 is 2.00 bits per heavy atom. The van der Waals surface area contributed by atoms with Crippen molar-refractivity contribution in [2.75, 3.05) is 7.11 Å². The smallest absolute Gasteiger partial charge is 0.319 e. The zero-order valence-corrected chi connectivity index (χ0v) is 15.0. The number of hydrogen-bond acceptors (Lipinski definition) is 5. The van der Waals surface area contributed by atoms with E-state index in [4.69, 9.17) is 20.5 Å². The molecule has 3 N–H and O–H groups in total. The van der Waals surface area contributed by atoms with Crippen LogP contribution in [-0.2, 0) is 11.4 Å². The summed E-state index contributed by atoms with van der Waals surface area (Å²) in [4.78, 5) is 22.5. The Balaban J connectivity index is 2.19. The number of aryl methyl sites for hydroxylation is 1. The number of nitriles is 1. The Hall–Kier alpha value is -3.79. The van der Waals surface area contributed by atoms with Gasteiger partial charge in [-0.25, -0.2) is 4.79 Å². The van der Waals surface area contributed by atoms with E-state index in [0.29, 0.717) is 23.7 Å². The lowest BCUT2D eigenvalue weighted by molar-refractivity contribution is -0.115. The van der Waals surface area contributed by atoms with Gasteiger partial charge in [0.25, 0.3) is 5.91 Å². The van der Waals surface area contributed by atoms with Gasteiger partial charge in [-0.05, 0) is 36.3 Å². The molecule has 0 heterocycles. The number of urea groups is 1. The molecule has 0 fully saturated rings. The van der Waals surface area contributed by atoms with Crippen molar-refractivity contribution >= 4 is 18.0 Å². The number of ether oxygens (including phenoxy) is 2. The molecule has 3 amide bonds. The van der Waals surface area contributed by atoms with Crippen molar-refractivity contribution in [2.24, 2.45) is 5.73 Å². The Labute approximate surface area is 157 Å². The van der Waals surface area contributed by atoms with Crippen LogP contribution >= 0.6 is 0 Å². The standard InChI is InChI=1S/C20H19N3O4/c1-13-4-3-5-15(8-13)12-27-17-7-6-14(10-18(17)26-2)9-16(11-21)19(24)23-20(22)25/h3-10H,12H2,1-2H3,(H3,22,23,24,25)/b16-9-. The number of carbonyl (C=O) groups is 2. The maximum Gasteiger partial charge on any atom is 0.319 e. The van der Waals surface area contributed by atoms with Crippen molar-refractivity contribution in [1.29, 1.82) is 5.26 Å². The first-order chi connectivity index (χ1) is 12.9. The predicted octanol–water partition coefficient (Wildman–Crippen LogP) is 2.68. The van der Waals surface area contributed by atoms with Gasteiger partial charge in [0, 0.05) is 0 Å². The number of nitrogens with one attached hydrogen (secondary N) is 1. The highest BCUT2D eigenvalue weighted by molar-refractivity contribution is 6.08. The van der Waals surface area contributed by atoms with Crippen molar-refractivity contribution in [3.05, 3.63) is 64.7 Å². The molecule has 0 atom stereocenters. The van der Waals surface area contributed by atoms with Crippen LogP contribution in [0.5, 0.6) is 11.5 Å². The van der Waals surface area contributed by atoms with Crippen LogP contribution in [0.1, 0.15) is 16.7 Å². The summed E-state index contributed by atoms with van der Waals surface area (Å²) in [5.74, 6) is 0.101. The SMILES string of the molecule is COc1cc(/C=C(/C#N)C(=O)NC(N)=O)ccc1OCc1cccc(C)c1. The van der Waals surface area contributed by atoms with E-state index in [-0.39, 0.29) is 5.57 Å². The van der Waals surface area contributed by atoms with Gasteiger partial charge in [-0.3, -0.25) is 10.1 Å². The van der Waals surface area contributed by atoms with Crippen molar-refractivity contribution in [3.63, 3.8) is 0 Å². The largest absolute Gasteiger partial charge is 0.493 e. The average Bonchev–Trinajstić information content (AvgIpc) is 2.64. The van der Waals surface area contributed by atoms with Crippen LogP contribution in [0.3, 0.4) is 0 Å². The van der Waals surface area contributed by atoms with Gasteiger partial charge >= 0.3 is 6.03 Å². The van der Waals surface area contributed by atoms with Crippen LogP contribution in [0.15, 0.2) is 48.0 Å². The molecule has 0 saturated carbocycles. The van der Waals surface area contributed by atoms with Crippen molar-refractivity contribution < 1.29 is 19.1 Å². The first kappa shape index (κ1) is 19.5. The molecule has 7 heteroatoms. The summed E-state index contributed by atoms with van der Waals surface area (Å²) in [6, 6.07) is 13.6. The highest BCUT2D eigenvalue weighted by Gasteiger charge is 2.12. The number of hydrogen-bond donors (Lipinski definition) is 2. The van der Waals surface area contributed by atoms with Crippen LogP contribution in [0.25, 0.3) is 6.08 Å². The summed E-state index contributed by atoms with van der Waals surface area (Å²) in [6.07, 6.45) is 1.32. The number of nitrogens with two attached hydrogens (primary N) is 1. The molecule has 0 spiro atoms. The molecule has 0 aromatic heterocycles. The van der Waals surface area contributed by atoms with Gasteiger partial charge in [-0.2, -0.15) is 5.26 Å². The fourth-order valence-corrected chi connectivity index (χ4v) is 2.35. The summed E-state index contributed by atoms with van der Waals surface area (Å²) in [5, 5.41) is 10.9. The molecular weight excluding hydrogens is 346 g/mol. The van der Waals surface area contributed by atoms with Gasteiger partial charge in [-0.15, -0.1) is 0 Å². The predicted molar refractivity (Wildman–Crippen MR) is 99.8 cm³/mol. The second-order valence-corrected chi connectivity index (χ2v) is 5.68. The van der Waals surface area contributed by atoms with Gasteiger partial charge in [0.1, 0.15) is 18.2 Å². The lowest BCUT2D eigenvalue weighted by Crippen LogP contribution is -2.35. The van der Waals surface area contributed by atoms with E-state index in [2.05, 4.69) is 0 Å². The number of nitrogens with zero attached hydrogens (tertiary/aromatic N) is 1. The van der Waals surface area contributed by atoms with Gasteiger partial charge < -0.3 is 15.2 Å². The summed E-state index contributed by atoms with van der Waals surface area (Å²) < 4.78 is 11.1. The molecule has 0 radical (unpaired) electrons. The van der Waals surface area contributed by atoms with E-state index >= 15 is 0 Å². The average molecular weight is 365 g/mol.